The largest absolute Gasteiger partial charge is 0.504 e. The molecule has 4 heteroatoms. The number of aromatic hydroxyl groups is 2. The first-order chi connectivity index (χ1) is 9.58. The Morgan fingerprint density at radius 3 is 2.20 bits per heavy atom. The minimum Gasteiger partial charge on any atom is -0.504 e. The SMILES string of the molecule is CCCCC(CCCC)OC(=O)c1ccc(O)c(O)c1. The summed E-state index contributed by atoms with van der Waals surface area (Å²) in [4.78, 5) is 12.0. The Bertz CT molecular complexity index is 420. The lowest BCUT2D eigenvalue weighted by molar-refractivity contribution is 0.0250. The smallest absolute Gasteiger partial charge is 0.338 e. The van der Waals surface area contributed by atoms with Crippen LogP contribution in [0.3, 0.4) is 0 Å². The Balaban J connectivity index is 2.65. The van der Waals surface area contributed by atoms with Crippen molar-refractivity contribution in [1.29, 1.82) is 0 Å². The average molecular weight is 280 g/mol. The van der Waals surface area contributed by atoms with Crippen molar-refractivity contribution < 1.29 is 19.7 Å². The zero-order valence-electron chi connectivity index (χ0n) is 12.3. The van der Waals surface area contributed by atoms with Gasteiger partial charge in [-0.3, -0.25) is 0 Å². The van der Waals surface area contributed by atoms with E-state index in [1.54, 1.807) is 0 Å². The van der Waals surface area contributed by atoms with Gasteiger partial charge in [0, 0.05) is 0 Å². The van der Waals surface area contributed by atoms with E-state index in [2.05, 4.69) is 13.8 Å². The van der Waals surface area contributed by atoms with E-state index in [0.717, 1.165) is 38.5 Å². The number of carbonyl (C=O) groups excluding carboxylic acids is 1. The number of carbonyl (C=O) groups is 1. The molecule has 1 rings (SSSR count). The number of phenols is 2. The second-order valence-corrected chi connectivity index (χ2v) is 5.02. The molecule has 0 radical (unpaired) electrons. The summed E-state index contributed by atoms with van der Waals surface area (Å²) in [6.07, 6.45) is 5.86. The molecule has 0 saturated heterocycles. The molecule has 0 bridgehead atoms. The van der Waals surface area contributed by atoms with Crippen LogP contribution in [0.4, 0.5) is 0 Å². The quantitative estimate of drug-likeness (QED) is 0.558. The summed E-state index contributed by atoms with van der Waals surface area (Å²) in [5.41, 5.74) is 0.262. The second-order valence-electron chi connectivity index (χ2n) is 5.02. The molecule has 4 nitrogen and oxygen atoms in total. The van der Waals surface area contributed by atoms with Gasteiger partial charge < -0.3 is 14.9 Å². The van der Waals surface area contributed by atoms with Gasteiger partial charge in [-0.1, -0.05) is 39.5 Å². The fourth-order valence-corrected chi connectivity index (χ4v) is 2.00. The lowest BCUT2D eigenvalue weighted by atomic mass is 10.1. The van der Waals surface area contributed by atoms with Crippen LogP contribution in [0.5, 0.6) is 11.5 Å². The highest BCUT2D eigenvalue weighted by Crippen LogP contribution is 2.25. The monoisotopic (exact) mass is 280 g/mol. The summed E-state index contributed by atoms with van der Waals surface area (Å²) >= 11 is 0. The standard InChI is InChI=1S/C16H24O4/c1-3-5-7-13(8-6-4-2)20-16(19)12-9-10-14(17)15(18)11-12/h9-11,13,17-18H,3-8H2,1-2H3. The van der Waals surface area contributed by atoms with Gasteiger partial charge in [0.1, 0.15) is 6.10 Å². The summed E-state index contributed by atoms with van der Waals surface area (Å²) in [6, 6.07) is 3.97. The summed E-state index contributed by atoms with van der Waals surface area (Å²) < 4.78 is 5.50. The third-order valence-corrected chi connectivity index (χ3v) is 3.24. The molecule has 0 amide bonds. The molecule has 0 heterocycles. The predicted octanol–water partition coefficient (Wildman–Crippen LogP) is 4.00. The van der Waals surface area contributed by atoms with Gasteiger partial charge in [0.2, 0.25) is 0 Å². The van der Waals surface area contributed by atoms with Crippen molar-refractivity contribution in [2.45, 2.75) is 58.5 Å². The maximum absolute atomic E-state index is 12.0. The molecule has 0 spiro atoms. The minimum absolute atomic E-state index is 0.0710. The molecular weight excluding hydrogens is 256 g/mol. The lowest BCUT2D eigenvalue weighted by Crippen LogP contribution is -2.18. The normalized spacial score (nSPS) is 10.8. The Morgan fingerprint density at radius 2 is 1.70 bits per heavy atom. The Kier molecular flexibility index (Phi) is 6.91. The molecule has 0 aromatic heterocycles. The Hall–Kier alpha value is -1.71. The predicted molar refractivity (Wildman–Crippen MR) is 78.0 cm³/mol. The third-order valence-electron chi connectivity index (χ3n) is 3.24. The van der Waals surface area contributed by atoms with Crippen LogP contribution in [0.2, 0.25) is 0 Å². The number of unbranched alkanes of at least 4 members (excludes halogenated alkanes) is 2. The zero-order valence-corrected chi connectivity index (χ0v) is 12.3. The number of esters is 1. The van der Waals surface area contributed by atoms with Gasteiger partial charge in [-0.15, -0.1) is 0 Å². The van der Waals surface area contributed by atoms with Crippen LogP contribution in [0.15, 0.2) is 18.2 Å². The maximum Gasteiger partial charge on any atom is 0.338 e. The van der Waals surface area contributed by atoms with Crippen LogP contribution in [0.1, 0.15) is 62.7 Å². The van der Waals surface area contributed by atoms with Crippen LogP contribution >= 0.6 is 0 Å². The van der Waals surface area contributed by atoms with Gasteiger partial charge in [0.05, 0.1) is 5.56 Å². The van der Waals surface area contributed by atoms with Crippen molar-refractivity contribution >= 4 is 5.97 Å². The molecule has 0 aliphatic carbocycles. The molecule has 0 fully saturated rings. The molecular formula is C16H24O4. The molecule has 0 aliphatic rings. The summed E-state index contributed by atoms with van der Waals surface area (Å²) in [7, 11) is 0. The van der Waals surface area contributed by atoms with Crippen LogP contribution in [-0.4, -0.2) is 22.3 Å². The van der Waals surface area contributed by atoms with E-state index >= 15 is 0 Å². The van der Waals surface area contributed by atoms with Crippen molar-refractivity contribution in [2.75, 3.05) is 0 Å². The summed E-state index contributed by atoms with van der Waals surface area (Å²) in [6.45, 7) is 4.22. The van der Waals surface area contributed by atoms with Gasteiger partial charge in [0.25, 0.3) is 0 Å². The van der Waals surface area contributed by atoms with Crippen molar-refractivity contribution in [3.05, 3.63) is 23.8 Å². The fraction of sp³-hybridized carbons (Fsp3) is 0.562. The Labute approximate surface area is 120 Å². The average Bonchev–Trinajstić information content (AvgIpc) is 2.44. The molecule has 112 valence electrons. The number of ether oxygens (including phenoxy) is 1. The van der Waals surface area contributed by atoms with E-state index in [1.165, 1.54) is 18.2 Å². The van der Waals surface area contributed by atoms with Gasteiger partial charge in [-0.2, -0.15) is 0 Å². The van der Waals surface area contributed by atoms with Gasteiger partial charge in [-0.25, -0.2) is 4.79 Å². The molecule has 0 saturated carbocycles. The molecule has 0 unspecified atom stereocenters. The zero-order chi connectivity index (χ0) is 15.0. The lowest BCUT2D eigenvalue weighted by Gasteiger charge is -2.17. The van der Waals surface area contributed by atoms with Crippen molar-refractivity contribution in [3.8, 4) is 11.5 Å². The summed E-state index contributed by atoms with van der Waals surface area (Å²) in [5, 5.41) is 18.6. The summed E-state index contributed by atoms with van der Waals surface area (Å²) in [5.74, 6) is -0.995. The molecule has 0 aliphatic heterocycles. The molecule has 0 atom stereocenters. The van der Waals surface area contributed by atoms with Gasteiger partial charge in [-0.05, 0) is 31.0 Å². The first kappa shape index (κ1) is 16.3. The molecule has 1 aromatic rings. The highest BCUT2D eigenvalue weighted by Gasteiger charge is 2.16. The first-order valence-electron chi connectivity index (χ1n) is 7.31. The maximum atomic E-state index is 12.0. The molecule has 20 heavy (non-hydrogen) atoms. The number of benzene rings is 1. The fourth-order valence-electron chi connectivity index (χ4n) is 2.00. The van der Waals surface area contributed by atoms with E-state index in [0.29, 0.717) is 0 Å². The minimum atomic E-state index is -0.447. The second kappa shape index (κ2) is 8.46. The highest BCUT2D eigenvalue weighted by molar-refractivity contribution is 5.90. The number of rotatable bonds is 8. The number of hydrogen-bond donors (Lipinski definition) is 2. The van der Waals surface area contributed by atoms with Gasteiger partial charge in [0.15, 0.2) is 11.5 Å². The van der Waals surface area contributed by atoms with Crippen LogP contribution in [0, 0.1) is 0 Å². The third kappa shape index (κ3) is 5.11. The van der Waals surface area contributed by atoms with Gasteiger partial charge >= 0.3 is 5.97 Å². The van der Waals surface area contributed by atoms with Crippen LogP contribution < -0.4 is 0 Å². The van der Waals surface area contributed by atoms with E-state index in [-0.39, 0.29) is 23.2 Å². The van der Waals surface area contributed by atoms with Crippen molar-refractivity contribution in [1.82, 2.24) is 0 Å². The van der Waals surface area contributed by atoms with E-state index in [4.69, 9.17) is 4.74 Å². The first-order valence-corrected chi connectivity index (χ1v) is 7.31. The van der Waals surface area contributed by atoms with Crippen LogP contribution in [0.25, 0.3) is 0 Å². The number of hydrogen-bond acceptors (Lipinski definition) is 4. The van der Waals surface area contributed by atoms with E-state index < -0.39 is 5.97 Å². The topological polar surface area (TPSA) is 66.8 Å². The Morgan fingerprint density at radius 1 is 1.10 bits per heavy atom. The number of phenolic OH excluding ortho intramolecular Hbond substituents is 2. The molecule has 2 N–H and O–H groups in total. The highest BCUT2D eigenvalue weighted by atomic mass is 16.5. The van der Waals surface area contributed by atoms with E-state index in [9.17, 15) is 15.0 Å². The molecule has 1 aromatic carbocycles. The van der Waals surface area contributed by atoms with Crippen LogP contribution in [-0.2, 0) is 4.74 Å². The van der Waals surface area contributed by atoms with Crippen molar-refractivity contribution in [2.24, 2.45) is 0 Å². The van der Waals surface area contributed by atoms with E-state index in [1.807, 2.05) is 0 Å². The van der Waals surface area contributed by atoms with Crippen molar-refractivity contribution in [3.63, 3.8) is 0 Å².